The fourth-order valence-electron chi connectivity index (χ4n) is 3.85. The van der Waals surface area contributed by atoms with Crippen LogP contribution in [0.15, 0.2) is 68.8 Å². The molecule has 0 aliphatic carbocycles. The maximum atomic E-state index is 13.5. The molecule has 1 amide bonds. The molecular weight excluding hydrogens is 478 g/mol. The topological polar surface area (TPSA) is 89.2 Å². The predicted molar refractivity (Wildman–Crippen MR) is 122 cm³/mol. The second-order valence-electron chi connectivity index (χ2n) is 7.28. The summed E-state index contributed by atoms with van der Waals surface area (Å²) < 4.78 is 17.3. The molecule has 0 spiro atoms. The smallest absolute Gasteiger partial charge is 0.290 e. The molecule has 4 rings (SSSR count). The van der Waals surface area contributed by atoms with E-state index in [1.165, 1.54) is 12.0 Å². The van der Waals surface area contributed by atoms with Crippen LogP contribution >= 0.6 is 15.9 Å². The number of nitrogens with zero attached hydrogens (tertiary/aromatic N) is 1. The Bertz CT molecular complexity index is 1210. The monoisotopic (exact) mass is 499 g/mol. The summed E-state index contributed by atoms with van der Waals surface area (Å²) in [6.45, 7) is 2.80. The Balaban J connectivity index is 1.79. The fourth-order valence-corrected chi connectivity index (χ4v) is 4.23. The zero-order chi connectivity index (χ0) is 22.8. The second kappa shape index (κ2) is 9.18. The van der Waals surface area contributed by atoms with E-state index >= 15 is 0 Å². The number of methoxy groups -OCH3 is 1. The molecule has 8 heteroatoms. The van der Waals surface area contributed by atoms with Crippen molar-refractivity contribution in [3.05, 3.63) is 75.7 Å². The summed E-state index contributed by atoms with van der Waals surface area (Å²) in [5, 5.41) is 11.5. The van der Waals surface area contributed by atoms with Crippen LogP contribution < -0.4 is 4.74 Å². The van der Waals surface area contributed by atoms with Crippen LogP contribution in [0.1, 0.15) is 29.1 Å². The van der Waals surface area contributed by atoms with Crippen LogP contribution in [0, 0.1) is 0 Å². The van der Waals surface area contributed by atoms with Gasteiger partial charge in [-0.2, -0.15) is 0 Å². The number of aliphatic hydroxyl groups excluding tert-OH is 1. The number of amides is 1. The highest BCUT2D eigenvalue weighted by molar-refractivity contribution is 9.10. The molecule has 166 valence electrons. The number of Topliss-reactive ketones (excluding diaryl/α,β-unsaturated/α-hetero) is 1. The third-order valence-corrected chi connectivity index (χ3v) is 5.76. The number of ketones is 1. The van der Waals surface area contributed by atoms with Crippen LogP contribution in [-0.4, -0.2) is 48.6 Å². The minimum Gasteiger partial charge on any atom is -0.503 e. The Hall–Kier alpha value is -3.10. The molecule has 2 heterocycles. The number of hydrogen-bond donors (Lipinski definition) is 1. The molecule has 1 unspecified atom stereocenters. The van der Waals surface area contributed by atoms with E-state index in [9.17, 15) is 14.7 Å². The Morgan fingerprint density at radius 3 is 2.78 bits per heavy atom. The molecule has 0 bridgehead atoms. The molecule has 1 aliphatic rings. The van der Waals surface area contributed by atoms with Crippen molar-refractivity contribution in [1.82, 2.24) is 4.90 Å². The lowest BCUT2D eigenvalue weighted by atomic mass is 9.95. The van der Waals surface area contributed by atoms with E-state index in [0.29, 0.717) is 23.5 Å². The molecule has 1 aromatic heterocycles. The minimum atomic E-state index is -0.800. The average molecular weight is 500 g/mol. The summed E-state index contributed by atoms with van der Waals surface area (Å²) >= 11 is 3.40. The first-order valence-electron chi connectivity index (χ1n) is 10.1. The van der Waals surface area contributed by atoms with Gasteiger partial charge in [-0.25, -0.2) is 0 Å². The number of fused-ring (bicyclic) bond motifs is 1. The van der Waals surface area contributed by atoms with Crippen molar-refractivity contribution < 1.29 is 28.6 Å². The first kappa shape index (κ1) is 22.1. The van der Waals surface area contributed by atoms with Crippen molar-refractivity contribution in [3.63, 3.8) is 0 Å². The van der Waals surface area contributed by atoms with Crippen molar-refractivity contribution in [3.8, 4) is 5.75 Å². The molecule has 0 saturated heterocycles. The Morgan fingerprint density at radius 1 is 1.22 bits per heavy atom. The zero-order valence-corrected chi connectivity index (χ0v) is 19.2. The average Bonchev–Trinajstić information content (AvgIpc) is 3.31. The van der Waals surface area contributed by atoms with E-state index in [1.54, 1.807) is 36.4 Å². The summed E-state index contributed by atoms with van der Waals surface area (Å²) in [5.41, 5.74) is 1.15. The number of benzene rings is 2. The van der Waals surface area contributed by atoms with Gasteiger partial charge in [0, 0.05) is 23.5 Å². The number of aliphatic hydroxyl groups is 1. The third-order valence-electron chi connectivity index (χ3n) is 5.27. The van der Waals surface area contributed by atoms with Crippen LogP contribution in [0.3, 0.4) is 0 Å². The molecule has 32 heavy (non-hydrogen) atoms. The Labute approximate surface area is 193 Å². The number of hydrogen-bond acceptors (Lipinski definition) is 6. The summed E-state index contributed by atoms with van der Waals surface area (Å²) in [4.78, 5) is 27.8. The molecule has 2 aromatic carbocycles. The van der Waals surface area contributed by atoms with Crippen molar-refractivity contribution in [2.75, 3.05) is 26.9 Å². The minimum absolute atomic E-state index is 0.0297. The van der Waals surface area contributed by atoms with E-state index in [2.05, 4.69) is 15.9 Å². The first-order chi connectivity index (χ1) is 15.4. The van der Waals surface area contributed by atoms with Crippen molar-refractivity contribution in [2.45, 2.75) is 13.0 Å². The lowest BCUT2D eigenvalue weighted by Gasteiger charge is -2.26. The fraction of sp³-hybridized carbons (Fsp3) is 0.250. The molecule has 1 N–H and O–H groups in total. The maximum absolute atomic E-state index is 13.5. The van der Waals surface area contributed by atoms with Gasteiger partial charge in [0.05, 0.1) is 24.8 Å². The van der Waals surface area contributed by atoms with Crippen molar-refractivity contribution >= 4 is 38.6 Å². The largest absolute Gasteiger partial charge is 0.503 e. The highest BCUT2D eigenvalue weighted by atomic mass is 79.9. The number of rotatable bonds is 8. The van der Waals surface area contributed by atoms with Gasteiger partial charge in [0.2, 0.25) is 5.78 Å². The molecule has 0 radical (unpaired) electrons. The maximum Gasteiger partial charge on any atom is 0.290 e. The van der Waals surface area contributed by atoms with Crippen molar-refractivity contribution in [1.29, 1.82) is 0 Å². The van der Waals surface area contributed by atoms with Crippen LogP contribution in [0.5, 0.6) is 5.75 Å². The second-order valence-corrected chi connectivity index (χ2v) is 8.20. The van der Waals surface area contributed by atoms with Crippen LogP contribution in [0.2, 0.25) is 0 Å². The molecule has 1 aliphatic heterocycles. The van der Waals surface area contributed by atoms with E-state index in [1.807, 2.05) is 19.1 Å². The van der Waals surface area contributed by atoms with Gasteiger partial charge >= 0.3 is 0 Å². The highest BCUT2D eigenvalue weighted by Crippen LogP contribution is 2.40. The molecule has 0 saturated carbocycles. The van der Waals surface area contributed by atoms with E-state index in [4.69, 9.17) is 13.9 Å². The van der Waals surface area contributed by atoms with Crippen LogP contribution in [-0.2, 0) is 9.53 Å². The van der Waals surface area contributed by atoms with Gasteiger partial charge in [-0.05, 0) is 48.9 Å². The quantitative estimate of drug-likeness (QED) is 0.447. The van der Waals surface area contributed by atoms with E-state index in [0.717, 1.165) is 9.86 Å². The molecule has 0 fully saturated rings. The lowest BCUT2D eigenvalue weighted by Crippen LogP contribution is -2.34. The summed E-state index contributed by atoms with van der Waals surface area (Å²) in [6, 6.07) is 13.3. The number of furan rings is 1. The van der Waals surface area contributed by atoms with E-state index in [-0.39, 0.29) is 24.5 Å². The number of carbonyl (C=O) groups excluding carboxylic acids is 2. The number of carbonyl (C=O) groups is 2. The van der Waals surface area contributed by atoms with E-state index < -0.39 is 23.5 Å². The summed E-state index contributed by atoms with van der Waals surface area (Å²) in [6.07, 6.45) is 0. The van der Waals surface area contributed by atoms with Gasteiger partial charge in [0.15, 0.2) is 11.5 Å². The summed E-state index contributed by atoms with van der Waals surface area (Å²) in [5.74, 6) is -1.10. The first-order valence-corrected chi connectivity index (χ1v) is 10.9. The highest BCUT2D eigenvalue weighted by Gasteiger charge is 2.44. The van der Waals surface area contributed by atoms with Gasteiger partial charge in [-0.15, -0.1) is 0 Å². The van der Waals surface area contributed by atoms with Crippen LogP contribution in [0.4, 0.5) is 0 Å². The Kier molecular flexibility index (Phi) is 6.34. The third kappa shape index (κ3) is 4.03. The predicted octanol–water partition coefficient (Wildman–Crippen LogP) is 4.82. The normalized spacial score (nSPS) is 16.3. The van der Waals surface area contributed by atoms with Gasteiger partial charge in [-0.3, -0.25) is 9.59 Å². The Morgan fingerprint density at radius 2 is 2.03 bits per heavy atom. The molecule has 3 aromatic rings. The lowest BCUT2D eigenvalue weighted by molar-refractivity contribution is -0.130. The SMILES string of the molecule is CCOc1cccc(C2C(C(=O)c3cc4cc(Br)ccc4o3)=C(O)C(=O)N2CCOC)c1. The number of ether oxygens (including phenoxy) is 2. The standard InChI is InChI=1S/C24H22BrNO6/c1-3-31-17-6-4-5-14(12-17)21-20(23(28)24(29)26(21)9-10-30-2)22(27)19-13-15-11-16(25)7-8-18(15)32-19/h4-8,11-13,21,28H,3,9-10H2,1-2H3. The van der Waals surface area contributed by atoms with Crippen LogP contribution in [0.25, 0.3) is 11.0 Å². The van der Waals surface area contributed by atoms with Crippen molar-refractivity contribution in [2.24, 2.45) is 0 Å². The van der Waals surface area contributed by atoms with Gasteiger partial charge in [0.25, 0.3) is 5.91 Å². The van der Waals surface area contributed by atoms with Gasteiger partial charge < -0.3 is 23.9 Å². The molecular formula is C24H22BrNO6. The van der Waals surface area contributed by atoms with Gasteiger partial charge in [-0.1, -0.05) is 28.1 Å². The number of halogens is 1. The molecule has 1 atom stereocenters. The van der Waals surface area contributed by atoms with Gasteiger partial charge in [0.1, 0.15) is 11.3 Å². The zero-order valence-electron chi connectivity index (χ0n) is 17.6. The molecule has 7 nitrogen and oxygen atoms in total. The summed E-state index contributed by atoms with van der Waals surface area (Å²) in [7, 11) is 1.52.